The number of amides is 2. The Morgan fingerprint density at radius 3 is 2.39 bits per heavy atom. The Hall–Kier alpha value is -2.44. The van der Waals surface area contributed by atoms with Gasteiger partial charge in [0.25, 0.3) is 5.69 Å². The van der Waals surface area contributed by atoms with Gasteiger partial charge in [-0.25, -0.2) is 0 Å². The zero-order valence-electron chi connectivity index (χ0n) is 10.3. The molecule has 0 atom stereocenters. The third-order valence-corrected chi connectivity index (χ3v) is 2.33. The minimum absolute atomic E-state index is 0.182. The number of nitro benzene ring substituents is 1. The molecule has 96 valence electrons. The second-order valence-corrected chi connectivity index (χ2v) is 3.72. The maximum atomic E-state index is 11.2. The number of nitro groups is 1. The molecule has 18 heavy (non-hydrogen) atoms. The van der Waals surface area contributed by atoms with Crippen molar-refractivity contribution in [2.45, 2.75) is 13.8 Å². The predicted molar refractivity (Wildman–Crippen MR) is 66.5 cm³/mol. The van der Waals surface area contributed by atoms with Crippen molar-refractivity contribution in [3.05, 3.63) is 28.3 Å². The van der Waals surface area contributed by atoms with Crippen molar-refractivity contribution in [1.29, 1.82) is 0 Å². The summed E-state index contributed by atoms with van der Waals surface area (Å²) in [5.41, 5.74) is 0.260. The van der Waals surface area contributed by atoms with Gasteiger partial charge in [-0.3, -0.25) is 19.7 Å². The van der Waals surface area contributed by atoms with Crippen LogP contribution in [-0.4, -0.2) is 23.8 Å². The van der Waals surface area contributed by atoms with Crippen LogP contribution in [0.25, 0.3) is 0 Å². The van der Waals surface area contributed by atoms with Gasteiger partial charge >= 0.3 is 0 Å². The predicted octanol–water partition coefficient (Wildman–Crippen LogP) is 1.54. The van der Waals surface area contributed by atoms with Crippen LogP contribution in [0.3, 0.4) is 0 Å². The van der Waals surface area contributed by atoms with E-state index in [1.807, 2.05) is 0 Å². The number of benzene rings is 1. The van der Waals surface area contributed by atoms with Gasteiger partial charge in [-0.2, -0.15) is 0 Å². The number of nitrogens with zero attached hydrogens (tertiary/aromatic N) is 2. The Bertz CT molecular complexity index is 513. The zero-order valence-corrected chi connectivity index (χ0v) is 10.3. The summed E-state index contributed by atoms with van der Waals surface area (Å²) in [6.45, 7) is 2.62. The van der Waals surface area contributed by atoms with E-state index in [2.05, 4.69) is 5.32 Å². The van der Waals surface area contributed by atoms with Crippen LogP contribution in [0.4, 0.5) is 17.1 Å². The number of hydrogen-bond acceptors (Lipinski definition) is 4. The Kier molecular flexibility index (Phi) is 3.98. The quantitative estimate of drug-likeness (QED) is 0.651. The first-order valence-corrected chi connectivity index (χ1v) is 5.13. The summed E-state index contributed by atoms with van der Waals surface area (Å²) < 4.78 is 0. The first-order valence-electron chi connectivity index (χ1n) is 5.13. The Morgan fingerprint density at radius 1 is 1.33 bits per heavy atom. The SMILES string of the molecule is CC(=O)Nc1ccc(N(C)C(C)=O)c([N+](=O)[O-])c1. The lowest BCUT2D eigenvalue weighted by atomic mass is 10.2. The van der Waals surface area contributed by atoms with E-state index >= 15 is 0 Å². The first-order chi connectivity index (χ1) is 8.32. The average molecular weight is 251 g/mol. The molecule has 0 saturated carbocycles. The van der Waals surface area contributed by atoms with Gasteiger partial charge in [0.2, 0.25) is 11.8 Å². The first kappa shape index (κ1) is 13.6. The van der Waals surface area contributed by atoms with Crippen LogP contribution in [0.15, 0.2) is 18.2 Å². The lowest BCUT2D eigenvalue weighted by Crippen LogP contribution is -2.23. The van der Waals surface area contributed by atoms with E-state index < -0.39 is 4.92 Å². The number of rotatable bonds is 3. The molecule has 0 aromatic heterocycles. The Balaban J connectivity index is 3.24. The third kappa shape index (κ3) is 3.03. The van der Waals surface area contributed by atoms with Crippen molar-refractivity contribution >= 4 is 28.9 Å². The van der Waals surface area contributed by atoms with Gasteiger partial charge in [0.05, 0.1) is 4.92 Å². The summed E-state index contributed by atoms with van der Waals surface area (Å²) in [6.07, 6.45) is 0. The zero-order chi connectivity index (χ0) is 13.9. The van der Waals surface area contributed by atoms with Crippen molar-refractivity contribution in [3.63, 3.8) is 0 Å². The normalized spacial score (nSPS) is 9.72. The molecule has 1 rings (SSSR count). The molecular formula is C11H13N3O4. The second-order valence-electron chi connectivity index (χ2n) is 3.72. The molecule has 0 radical (unpaired) electrons. The van der Waals surface area contributed by atoms with Crippen LogP contribution in [0.1, 0.15) is 13.8 Å². The van der Waals surface area contributed by atoms with Crippen LogP contribution in [0.5, 0.6) is 0 Å². The van der Waals surface area contributed by atoms with Crippen molar-refractivity contribution in [3.8, 4) is 0 Å². The van der Waals surface area contributed by atoms with E-state index in [0.29, 0.717) is 5.69 Å². The summed E-state index contributed by atoms with van der Waals surface area (Å²) in [4.78, 5) is 33.6. The fourth-order valence-electron chi connectivity index (χ4n) is 1.40. The lowest BCUT2D eigenvalue weighted by molar-refractivity contribution is -0.384. The van der Waals surface area contributed by atoms with E-state index in [0.717, 1.165) is 0 Å². The van der Waals surface area contributed by atoms with Crippen molar-refractivity contribution in [2.75, 3.05) is 17.3 Å². The van der Waals surface area contributed by atoms with Crippen LogP contribution in [-0.2, 0) is 9.59 Å². The highest BCUT2D eigenvalue weighted by Gasteiger charge is 2.20. The maximum Gasteiger partial charge on any atom is 0.295 e. The molecule has 0 unspecified atom stereocenters. The monoisotopic (exact) mass is 251 g/mol. The largest absolute Gasteiger partial charge is 0.326 e. The van der Waals surface area contributed by atoms with Gasteiger partial charge in [0.1, 0.15) is 5.69 Å². The van der Waals surface area contributed by atoms with Gasteiger partial charge in [-0.05, 0) is 12.1 Å². The van der Waals surface area contributed by atoms with Crippen molar-refractivity contribution in [2.24, 2.45) is 0 Å². The fraction of sp³-hybridized carbons (Fsp3) is 0.273. The van der Waals surface area contributed by atoms with Crippen LogP contribution in [0, 0.1) is 10.1 Å². The molecule has 0 aliphatic rings. The molecule has 0 aliphatic heterocycles. The Labute approximate surface area is 104 Å². The number of carbonyl (C=O) groups is 2. The van der Waals surface area contributed by atoms with Gasteiger partial charge in [-0.1, -0.05) is 0 Å². The highest BCUT2D eigenvalue weighted by atomic mass is 16.6. The molecule has 1 N–H and O–H groups in total. The number of anilines is 2. The molecule has 2 amide bonds. The molecule has 7 nitrogen and oxygen atoms in total. The number of hydrogen-bond donors (Lipinski definition) is 1. The number of carbonyl (C=O) groups excluding carboxylic acids is 2. The minimum atomic E-state index is -0.597. The average Bonchev–Trinajstić information content (AvgIpc) is 2.26. The molecule has 0 saturated heterocycles. The molecular weight excluding hydrogens is 238 g/mol. The van der Waals surface area contributed by atoms with E-state index in [9.17, 15) is 19.7 Å². The summed E-state index contributed by atoms with van der Waals surface area (Å²) in [5.74, 6) is -0.637. The molecule has 1 aromatic rings. The summed E-state index contributed by atoms with van der Waals surface area (Å²) in [6, 6.07) is 4.14. The van der Waals surface area contributed by atoms with E-state index in [1.165, 1.54) is 44.0 Å². The molecule has 0 bridgehead atoms. The molecule has 1 aromatic carbocycles. The van der Waals surface area contributed by atoms with Crippen LogP contribution in [0.2, 0.25) is 0 Å². The smallest absolute Gasteiger partial charge is 0.295 e. The third-order valence-electron chi connectivity index (χ3n) is 2.33. The highest BCUT2D eigenvalue weighted by Crippen LogP contribution is 2.30. The van der Waals surface area contributed by atoms with E-state index in [-0.39, 0.29) is 23.2 Å². The van der Waals surface area contributed by atoms with Gasteiger partial charge < -0.3 is 10.2 Å². The van der Waals surface area contributed by atoms with Crippen molar-refractivity contribution < 1.29 is 14.5 Å². The molecule has 0 aliphatic carbocycles. The summed E-state index contributed by atoms with van der Waals surface area (Å²) in [5, 5.41) is 13.4. The number of nitrogens with one attached hydrogen (secondary N) is 1. The standard InChI is InChI=1S/C11H13N3O4/c1-7(15)12-9-4-5-10(13(3)8(2)16)11(6-9)14(17)18/h4-6H,1-3H3,(H,12,15). The summed E-state index contributed by atoms with van der Waals surface area (Å²) >= 11 is 0. The summed E-state index contributed by atoms with van der Waals surface area (Å²) in [7, 11) is 1.45. The fourth-order valence-corrected chi connectivity index (χ4v) is 1.40. The van der Waals surface area contributed by atoms with E-state index in [4.69, 9.17) is 0 Å². The lowest BCUT2D eigenvalue weighted by Gasteiger charge is -2.15. The molecule has 0 spiro atoms. The van der Waals surface area contributed by atoms with Crippen molar-refractivity contribution in [1.82, 2.24) is 0 Å². The topological polar surface area (TPSA) is 92.6 Å². The second kappa shape index (κ2) is 5.26. The van der Waals surface area contributed by atoms with Gasteiger partial charge in [0, 0.05) is 32.6 Å². The Morgan fingerprint density at radius 2 is 1.94 bits per heavy atom. The minimum Gasteiger partial charge on any atom is -0.326 e. The van der Waals surface area contributed by atoms with Crippen LogP contribution < -0.4 is 10.2 Å². The molecule has 0 heterocycles. The highest BCUT2D eigenvalue weighted by molar-refractivity contribution is 5.95. The molecule has 7 heteroatoms. The van der Waals surface area contributed by atoms with E-state index in [1.54, 1.807) is 0 Å². The molecule has 0 fully saturated rings. The maximum absolute atomic E-state index is 11.2. The van der Waals surface area contributed by atoms with Gasteiger partial charge in [0.15, 0.2) is 0 Å². The van der Waals surface area contributed by atoms with Gasteiger partial charge in [-0.15, -0.1) is 0 Å². The van der Waals surface area contributed by atoms with Crippen LogP contribution >= 0.6 is 0 Å².